The second-order valence-corrected chi connectivity index (χ2v) is 13.9. The molecule has 0 aliphatic carbocycles. The number of ketones is 1. The van der Waals surface area contributed by atoms with E-state index in [-0.39, 0.29) is 35.0 Å². The number of fused-ring (bicyclic) bond motifs is 2. The van der Waals surface area contributed by atoms with Crippen molar-refractivity contribution in [1.82, 2.24) is 0 Å². The summed E-state index contributed by atoms with van der Waals surface area (Å²) >= 11 is 0. The topological polar surface area (TPSA) is 76.0 Å². The minimum absolute atomic E-state index is 0.0202. The van der Waals surface area contributed by atoms with Crippen molar-refractivity contribution in [1.29, 1.82) is 0 Å². The predicted molar refractivity (Wildman–Crippen MR) is 185 cm³/mol. The summed E-state index contributed by atoms with van der Waals surface area (Å²) in [6.07, 6.45) is 14.0. The molecule has 45 heavy (non-hydrogen) atoms. The highest BCUT2D eigenvalue weighted by molar-refractivity contribution is 6.04. The lowest BCUT2D eigenvalue weighted by Gasteiger charge is -2.34. The van der Waals surface area contributed by atoms with Crippen LogP contribution >= 0.6 is 0 Å². The van der Waals surface area contributed by atoms with Crippen molar-refractivity contribution in [2.75, 3.05) is 0 Å². The molecule has 1 unspecified atom stereocenters. The quantitative estimate of drug-likeness (QED) is 0.276. The van der Waals surface area contributed by atoms with E-state index < -0.39 is 11.7 Å². The maximum atomic E-state index is 14.1. The first-order chi connectivity index (χ1) is 21.1. The molecule has 2 aromatic carbocycles. The number of ether oxygens (including phenoxy) is 2. The Bertz CT molecular complexity index is 1640. The van der Waals surface area contributed by atoms with Crippen LogP contribution < -0.4 is 9.47 Å². The number of phenolic OH excluding ortho intramolecular Hbond substituents is 2. The van der Waals surface area contributed by atoms with E-state index in [4.69, 9.17) is 9.47 Å². The zero-order chi connectivity index (χ0) is 33.2. The molecule has 0 bridgehead atoms. The van der Waals surface area contributed by atoms with E-state index in [2.05, 4.69) is 58.1 Å². The summed E-state index contributed by atoms with van der Waals surface area (Å²) in [5, 5.41) is 23.0. The molecule has 240 valence electrons. The van der Waals surface area contributed by atoms with E-state index in [9.17, 15) is 15.0 Å². The van der Waals surface area contributed by atoms with Crippen molar-refractivity contribution in [3.8, 4) is 23.0 Å². The van der Waals surface area contributed by atoms with Gasteiger partial charge in [-0.25, -0.2) is 0 Å². The minimum Gasteiger partial charge on any atom is -0.507 e. The number of aromatic hydroxyl groups is 2. The molecule has 2 aliphatic rings. The van der Waals surface area contributed by atoms with E-state index in [1.54, 1.807) is 0 Å². The number of carbonyl (C=O) groups excluding carboxylic acids is 1. The second-order valence-electron chi connectivity index (χ2n) is 13.9. The fourth-order valence-electron chi connectivity index (χ4n) is 5.89. The monoisotopic (exact) mass is 610 g/mol. The van der Waals surface area contributed by atoms with Crippen LogP contribution in [0.1, 0.15) is 126 Å². The Morgan fingerprint density at radius 2 is 1.33 bits per heavy atom. The Balaban J connectivity index is 1.99. The molecule has 0 spiro atoms. The van der Waals surface area contributed by atoms with Crippen LogP contribution in [0.3, 0.4) is 0 Å². The van der Waals surface area contributed by atoms with Crippen LogP contribution in [-0.4, -0.2) is 21.6 Å². The van der Waals surface area contributed by atoms with Gasteiger partial charge in [-0.05, 0) is 118 Å². The summed E-state index contributed by atoms with van der Waals surface area (Å²) in [6.45, 7) is 20.3. The number of allylic oxidation sites excluding steroid dienone is 8. The Kier molecular flexibility index (Phi) is 10.2. The number of carbonyl (C=O) groups is 1. The molecule has 0 saturated heterocycles. The summed E-state index contributed by atoms with van der Waals surface area (Å²) in [6, 6.07) is 2.10. The number of rotatable bonds is 9. The Morgan fingerprint density at radius 3 is 1.91 bits per heavy atom. The summed E-state index contributed by atoms with van der Waals surface area (Å²) < 4.78 is 13.3. The summed E-state index contributed by atoms with van der Waals surface area (Å²) in [7, 11) is 0. The maximum Gasteiger partial charge on any atom is 0.174 e. The smallest absolute Gasteiger partial charge is 0.174 e. The van der Waals surface area contributed by atoms with Gasteiger partial charge in [0.1, 0.15) is 40.3 Å². The largest absolute Gasteiger partial charge is 0.507 e. The van der Waals surface area contributed by atoms with Gasteiger partial charge in [0.05, 0.1) is 6.42 Å². The molecule has 0 saturated carbocycles. The molecule has 0 radical (unpaired) electrons. The van der Waals surface area contributed by atoms with E-state index >= 15 is 0 Å². The zero-order valence-electron chi connectivity index (χ0n) is 28.8. The predicted octanol–water partition coefficient (Wildman–Crippen LogP) is 10.0. The molecule has 5 nitrogen and oxygen atoms in total. The highest BCUT2D eigenvalue weighted by Gasteiger charge is 2.38. The SMILES string of the molecule is CC(C)=CCc1cc2c(c(CC=C(C)C)c1C1CC(=O)c3c(O)c(CC=C(C)C)c(O)c(CC=C(C)C)c3O1)C=CC(C)(C)O2. The van der Waals surface area contributed by atoms with Gasteiger partial charge in [-0.1, -0.05) is 52.7 Å². The van der Waals surface area contributed by atoms with Gasteiger partial charge in [-0.15, -0.1) is 0 Å². The third-order valence-corrected chi connectivity index (χ3v) is 8.29. The van der Waals surface area contributed by atoms with Crippen LogP contribution in [0.15, 0.2) is 58.7 Å². The van der Waals surface area contributed by atoms with Crippen LogP contribution in [0.5, 0.6) is 23.0 Å². The number of hydrogen-bond donors (Lipinski definition) is 2. The van der Waals surface area contributed by atoms with Gasteiger partial charge in [0.2, 0.25) is 0 Å². The first kappa shape index (κ1) is 33.9. The molecule has 2 heterocycles. The van der Waals surface area contributed by atoms with Gasteiger partial charge in [-0.2, -0.15) is 0 Å². The van der Waals surface area contributed by atoms with Gasteiger partial charge in [-0.3, -0.25) is 4.79 Å². The molecule has 0 fully saturated rings. The number of hydrogen-bond acceptors (Lipinski definition) is 5. The Hall–Kier alpha value is -3.99. The lowest BCUT2D eigenvalue weighted by Crippen LogP contribution is -2.29. The summed E-state index contributed by atoms with van der Waals surface area (Å²) in [5.74, 6) is 0.696. The van der Waals surface area contributed by atoms with Crippen LogP contribution in [0.4, 0.5) is 0 Å². The van der Waals surface area contributed by atoms with Crippen LogP contribution in [0.2, 0.25) is 0 Å². The normalized spacial score (nSPS) is 16.0. The van der Waals surface area contributed by atoms with Crippen molar-refractivity contribution < 1.29 is 24.5 Å². The van der Waals surface area contributed by atoms with E-state index in [1.807, 2.05) is 53.7 Å². The second kappa shape index (κ2) is 13.6. The van der Waals surface area contributed by atoms with Crippen molar-refractivity contribution in [3.63, 3.8) is 0 Å². The van der Waals surface area contributed by atoms with Crippen molar-refractivity contribution in [2.45, 2.75) is 113 Å². The molecule has 5 heteroatoms. The first-order valence-corrected chi connectivity index (χ1v) is 16.0. The molecular formula is C40H50O5. The molecule has 2 N–H and O–H groups in total. The molecule has 2 aliphatic heterocycles. The molecule has 2 aromatic rings. The first-order valence-electron chi connectivity index (χ1n) is 16.0. The number of Topliss-reactive ketones (excluding diaryl/α,β-unsaturated/α-hetero) is 1. The average Bonchev–Trinajstić information content (AvgIpc) is 2.92. The highest BCUT2D eigenvalue weighted by Crippen LogP contribution is 2.50. The third kappa shape index (κ3) is 7.64. The fourth-order valence-corrected chi connectivity index (χ4v) is 5.89. The van der Waals surface area contributed by atoms with Gasteiger partial charge in [0.25, 0.3) is 0 Å². The van der Waals surface area contributed by atoms with Crippen LogP contribution in [0, 0.1) is 0 Å². The number of phenols is 2. The van der Waals surface area contributed by atoms with Gasteiger partial charge in [0, 0.05) is 22.3 Å². The lowest BCUT2D eigenvalue weighted by molar-refractivity contribution is 0.0840. The van der Waals surface area contributed by atoms with Crippen LogP contribution in [-0.2, 0) is 25.7 Å². The zero-order valence-corrected chi connectivity index (χ0v) is 28.8. The van der Waals surface area contributed by atoms with E-state index in [0.717, 1.165) is 39.1 Å². The Labute approximate surface area is 269 Å². The average molecular weight is 611 g/mol. The molecule has 0 amide bonds. The summed E-state index contributed by atoms with van der Waals surface area (Å²) in [5.41, 5.74) is 9.21. The number of benzene rings is 2. The minimum atomic E-state index is -0.604. The Morgan fingerprint density at radius 1 is 0.800 bits per heavy atom. The van der Waals surface area contributed by atoms with E-state index in [1.165, 1.54) is 11.1 Å². The summed E-state index contributed by atoms with van der Waals surface area (Å²) in [4.78, 5) is 14.1. The fraction of sp³-hybridized carbons (Fsp3) is 0.425. The van der Waals surface area contributed by atoms with Crippen LogP contribution in [0.25, 0.3) is 6.08 Å². The van der Waals surface area contributed by atoms with Gasteiger partial charge < -0.3 is 19.7 Å². The van der Waals surface area contributed by atoms with Gasteiger partial charge in [0.15, 0.2) is 5.78 Å². The highest BCUT2D eigenvalue weighted by atomic mass is 16.5. The molecule has 1 atom stereocenters. The maximum absolute atomic E-state index is 14.1. The molecule has 0 aromatic heterocycles. The van der Waals surface area contributed by atoms with Crippen molar-refractivity contribution in [3.05, 3.63) is 97.7 Å². The van der Waals surface area contributed by atoms with Gasteiger partial charge >= 0.3 is 0 Å². The lowest BCUT2D eigenvalue weighted by atomic mass is 9.82. The van der Waals surface area contributed by atoms with Crippen molar-refractivity contribution in [2.24, 2.45) is 0 Å². The van der Waals surface area contributed by atoms with E-state index in [0.29, 0.717) is 36.8 Å². The molecule has 4 rings (SSSR count). The molecular weight excluding hydrogens is 560 g/mol. The third-order valence-electron chi connectivity index (χ3n) is 8.29. The van der Waals surface area contributed by atoms with Crippen molar-refractivity contribution >= 4 is 11.9 Å². The standard InChI is InChI=1S/C40H50O5/c1-23(2)11-15-27-21-33-28(19-20-40(9,10)45-33)29(16-12-24(3)4)35(27)34-22-32(41)36-38(43)30(17-13-25(5)6)37(42)31(39(36)44-34)18-14-26(7)8/h11-14,19-21,34,42-43H,15-18,22H2,1-10H3.